The molecule has 0 spiro atoms. The van der Waals surface area contributed by atoms with Crippen LogP contribution in [-0.4, -0.2) is 61.0 Å². The maximum absolute atomic E-state index is 12.3. The Labute approximate surface area is 117 Å². The van der Waals surface area contributed by atoms with Crippen molar-refractivity contribution < 1.29 is 4.79 Å². The minimum absolute atomic E-state index is 0.350. The minimum Gasteiger partial charge on any atom is -0.342 e. The summed E-state index contributed by atoms with van der Waals surface area (Å²) in [5.41, 5.74) is 0. The van der Waals surface area contributed by atoms with Crippen molar-refractivity contribution in [3.63, 3.8) is 0 Å². The van der Waals surface area contributed by atoms with E-state index in [2.05, 4.69) is 22.0 Å². The van der Waals surface area contributed by atoms with Crippen molar-refractivity contribution in [3.8, 4) is 0 Å². The zero-order chi connectivity index (χ0) is 13.5. The fourth-order valence-electron chi connectivity index (χ4n) is 3.23. The van der Waals surface area contributed by atoms with Gasteiger partial charge >= 0.3 is 0 Å². The second-order valence-electron chi connectivity index (χ2n) is 5.87. The van der Waals surface area contributed by atoms with Gasteiger partial charge in [0.2, 0.25) is 5.91 Å². The van der Waals surface area contributed by atoms with Crippen molar-refractivity contribution in [3.05, 3.63) is 0 Å². The molecule has 0 radical (unpaired) electrons. The van der Waals surface area contributed by atoms with Crippen LogP contribution in [0.4, 0.5) is 0 Å². The van der Waals surface area contributed by atoms with Gasteiger partial charge in [-0.15, -0.1) is 0 Å². The first kappa shape index (κ1) is 14.8. The smallest absolute Gasteiger partial charge is 0.236 e. The maximum Gasteiger partial charge on any atom is 0.236 e. The largest absolute Gasteiger partial charge is 0.342 e. The Balaban J connectivity index is 1.82. The Morgan fingerprint density at radius 2 is 1.84 bits per heavy atom. The first-order valence-corrected chi connectivity index (χ1v) is 8.04. The molecule has 0 aliphatic carbocycles. The van der Waals surface area contributed by atoms with Crippen molar-refractivity contribution in [1.29, 1.82) is 0 Å². The summed E-state index contributed by atoms with van der Waals surface area (Å²) in [6.45, 7) is 7.88. The highest BCUT2D eigenvalue weighted by Crippen LogP contribution is 2.17. The van der Waals surface area contributed by atoms with E-state index in [0.29, 0.717) is 18.5 Å². The van der Waals surface area contributed by atoms with Gasteiger partial charge in [-0.05, 0) is 45.2 Å². The molecule has 1 amide bonds. The standard InChI is InChI=1S/C15H29N3O/c1-2-16-12-14-8-4-7-11-18(14)13-15(19)17-9-5-3-6-10-17/h14,16H,2-13H2,1H3. The van der Waals surface area contributed by atoms with Crippen molar-refractivity contribution in [2.45, 2.75) is 51.5 Å². The molecule has 2 aliphatic heterocycles. The van der Waals surface area contributed by atoms with E-state index < -0.39 is 0 Å². The molecule has 1 atom stereocenters. The van der Waals surface area contributed by atoms with Crippen LogP contribution < -0.4 is 5.32 Å². The summed E-state index contributed by atoms with van der Waals surface area (Å²) in [7, 11) is 0. The van der Waals surface area contributed by atoms with Crippen LogP contribution in [0.2, 0.25) is 0 Å². The van der Waals surface area contributed by atoms with E-state index in [1.807, 2.05) is 0 Å². The SMILES string of the molecule is CCNCC1CCCCN1CC(=O)N1CCCCC1. The van der Waals surface area contributed by atoms with Crippen molar-refractivity contribution >= 4 is 5.91 Å². The Morgan fingerprint density at radius 1 is 1.11 bits per heavy atom. The van der Waals surface area contributed by atoms with Gasteiger partial charge in [0.25, 0.3) is 0 Å². The van der Waals surface area contributed by atoms with Crippen molar-refractivity contribution in [2.24, 2.45) is 0 Å². The van der Waals surface area contributed by atoms with Gasteiger partial charge in [-0.25, -0.2) is 0 Å². The number of amides is 1. The zero-order valence-corrected chi connectivity index (χ0v) is 12.4. The summed E-state index contributed by atoms with van der Waals surface area (Å²) in [5.74, 6) is 0.350. The second-order valence-corrected chi connectivity index (χ2v) is 5.87. The molecule has 0 bridgehead atoms. The molecule has 0 saturated carbocycles. The molecule has 4 heteroatoms. The number of carbonyl (C=O) groups excluding carboxylic acids is 1. The molecule has 2 heterocycles. The van der Waals surface area contributed by atoms with Crippen LogP contribution in [0, 0.1) is 0 Å². The number of rotatable bonds is 5. The van der Waals surface area contributed by atoms with Gasteiger partial charge in [0.1, 0.15) is 0 Å². The molecular weight excluding hydrogens is 238 g/mol. The van der Waals surface area contributed by atoms with Crippen LogP contribution in [0.5, 0.6) is 0 Å². The molecule has 2 rings (SSSR count). The minimum atomic E-state index is 0.350. The summed E-state index contributed by atoms with van der Waals surface area (Å²) in [6, 6.07) is 0.558. The van der Waals surface area contributed by atoms with Gasteiger partial charge in [0.15, 0.2) is 0 Å². The molecular formula is C15H29N3O. The molecule has 0 aromatic carbocycles. The van der Waals surface area contributed by atoms with Crippen LogP contribution in [0.25, 0.3) is 0 Å². The normalized spacial score (nSPS) is 25.5. The highest BCUT2D eigenvalue weighted by molar-refractivity contribution is 5.78. The highest BCUT2D eigenvalue weighted by Gasteiger charge is 2.26. The number of nitrogens with zero attached hydrogens (tertiary/aromatic N) is 2. The number of hydrogen-bond acceptors (Lipinski definition) is 3. The lowest BCUT2D eigenvalue weighted by molar-refractivity contribution is -0.134. The van der Waals surface area contributed by atoms with E-state index in [-0.39, 0.29) is 0 Å². The van der Waals surface area contributed by atoms with Crippen LogP contribution in [-0.2, 0) is 4.79 Å². The highest BCUT2D eigenvalue weighted by atomic mass is 16.2. The number of hydrogen-bond donors (Lipinski definition) is 1. The van der Waals surface area contributed by atoms with Gasteiger partial charge in [-0.2, -0.15) is 0 Å². The Hall–Kier alpha value is -0.610. The third kappa shape index (κ3) is 4.46. The molecule has 2 fully saturated rings. The molecule has 0 aromatic heterocycles. The fraction of sp³-hybridized carbons (Fsp3) is 0.933. The molecule has 2 aliphatic rings. The number of piperidine rings is 2. The summed E-state index contributed by atoms with van der Waals surface area (Å²) >= 11 is 0. The maximum atomic E-state index is 12.3. The van der Waals surface area contributed by atoms with Gasteiger partial charge in [-0.3, -0.25) is 9.69 Å². The lowest BCUT2D eigenvalue weighted by Gasteiger charge is -2.37. The van der Waals surface area contributed by atoms with Crippen molar-refractivity contribution in [1.82, 2.24) is 15.1 Å². The molecule has 2 saturated heterocycles. The average Bonchev–Trinajstić information content (AvgIpc) is 2.47. The van der Waals surface area contributed by atoms with Gasteiger partial charge in [0, 0.05) is 25.7 Å². The summed E-state index contributed by atoms with van der Waals surface area (Å²) in [5, 5.41) is 3.43. The van der Waals surface area contributed by atoms with Crippen molar-refractivity contribution in [2.75, 3.05) is 39.3 Å². The van der Waals surface area contributed by atoms with E-state index in [9.17, 15) is 4.79 Å². The number of carbonyl (C=O) groups is 1. The number of nitrogens with one attached hydrogen (secondary N) is 1. The average molecular weight is 267 g/mol. The summed E-state index contributed by atoms with van der Waals surface area (Å²) in [4.78, 5) is 16.8. The van der Waals surface area contributed by atoms with Gasteiger partial charge < -0.3 is 10.2 Å². The van der Waals surface area contributed by atoms with E-state index in [1.165, 1.54) is 38.5 Å². The Morgan fingerprint density at radius 3 is 2.58 bits per heavy atom. The summed E-state index contributed by atoms with van der Waals surface area (Å²) in [6.07, 6.45) is 7.45. The lowest BCUT2D eigenvalue weighted by Crippen LogP contribution is -2.50. The molecule has 0 aromatic rings. The topological polar surface area (TPSA) is 35.6 Å². The number of likely N-dealkylation sites (N-methyl/N-ethyl adjacent to an activating group) is 1. The van der Waals surface area contributed by atoms with Gasteiger partial charge in [0.05, 0.1) is 6.54 Å². The number of likely N-dealkylation sites (tertiary alicyclic amines) is 2. The van der Waals surface area contributed by atoms with Crippen LogP contribution in [0.3, 0.4) is 0 Å². The zero-order valence-electron chi connectivity index (χ0n) is 12.4. The second kappa shape index (κ2) is 7.85. The quantitative estimate of drug-likeness (QED) is 0.819. The molecule has 1 N–H and O–H groups in total. The monoisotopic (exact) mass is 267 g/mol. The molecule has 1 unspecified atom stereocenters. The summed E-state index contributed by atoms with van der Waals surface area (Å²) < 4.78 is 0. The van der Waals surface area contributed by atoms with E-state index in [4.69, 9.17) is 0 Å². The molecule has 19 heavy (non-hydrogen) atoms. The van der Waals surface area contributed by atoms with E-state index >= 15 is 0 Å². The Kier molecular flexibility index (Phi) is 6.11. The predicted molar refractivity (Wildman–Crippen MR) is 78.2 cm³/mol. The Bertz CT molecular complexity index is 277. The lowest BCUT2D eigenvalue weighted by atomic mass is 10.0. The predicted octanol–water partition coefficient (Wildman–Crippen LogP) is 1.46. The first-order chi connectivity index (χ1) is 9.31. The fourth-order valence-corrected chi connectivity index (χ4v) is 3.23. The van der Waals surface area contributed by atoms with Crippen LogP contribution >= 0.6 is 0 Å². The third-order valence-electron chi connectivity index (χ3n) is 4.43. The van der Waals surface area contributed by atoms with Crippen LogP contribution in [0.1, 0.15) is 45.4 Å². The first-order valence-electron chi connectivity index (χ1n) is 8.04. The molecule has 4 nitrogen and oxygen atoms in total. The van der Waals surface area contributed by atoms with Crippen LogP contribution in [0.15, 0.2) is 0 Å². The molecule has 110 valence electrons. The van der Waals surface area contributed by atoms with E-state index in [0.717, 1.165) is 32.7 Å². The van der Waals surface area contributed by atoms with E-state index in [1.54, 1.807) is 0 Å². The van der Waals surface area contributed by atoms with Gasteiger partial charge in [-0.1, -0.05) is 13.3 Å². The third-order valence-corrected chi connectivity index (χ3v) is 4.43.